The molecule has 3 rings (SSSR count). The Morgan fingerprint density at radius 1 is 1.14 bits per heavy atom. The van der Waals surface area contributed by atoms with Crippen molar-refractivity contribution in [1.29, 1.82) is 0 Å². The van der Waals surface area contributed by atoms with Crippen LogP contribution in [0, 0.1) is 0 Å². The summed E-state index contributed by atoms with van der Waals surface area (Å²) in [4.78, 5) is 14.3. The number of carbonyl (C=O) groups excluding carboxylic acids is 1. The summed E-state index contributed by atoms with van der Waals surface area (Å²) in [6.45, 7) is 0.399. The number of halogens is 3. The van der Waals surface area contributed by atoms with E-state index in [0.717, 1.165) is 11.6 Å². The third-order valence-electron chi connectivity index (χ3n) is 4.33. The minimum absolute atomic E-state index is 0.270. The van der Waals surface area contributed by atoms with E-state index in [4.69, 9.17) is 9.47 Å². The summed E-state index contributed by atoms with van der Waals surface area (Å²) in [5.74, 6) is 1.67. The van der Waals surface area contributed by atoms with Gasteiger partial charge in [-0.15, -0.1) is 11.8 Å². The van der Waals surface area contributed by atoms with Crippen molar-refractivity contribution in [3.05, 3.63) is 53.6 Å². The molecule has 0 unspecified atom stereocenters. The van der Waals surface area contributed by atoms with E-state index in [1.165, 1.54) is 49.1 Å². The van der Waals surface area contributed by atoms with Gasteiger partial charge in [-0.2, -0.15) is 13.2 Å². The third kappa shape index (κ3) is 3.99. The summed E-state index contributed by atoms with van der Waals surface area (Å²) < 4.78 is 50.3. The summed E-state index contributed by atoms with van der Waals surface area (Å²) in [5, 5.41) is 2.01. The Labute approximate surface area is 164 Å². The zero-order valence-electron chi connectivity index (χ0n) is 15.2. The summed E-state index contributed by atoms with van der Waals surface area (Å²) in [6, 6.07) is 9.66. The Morgan fingerprint density at radius 3 is 2.57 bits per heavy atom. The average molecular weight is 412 g/mol. The molecule has 5 nitrogen and oxygen atoms in total. The first kappa shape index (κ1) is 20.2. The van der Waals surface area contributed by atoms with Crippen molar-refractivity contribution in [2.75, 3.05) is 31.8 Å². The van der Waals surface area contributed by atoms with Gasteiger partial charge in [-0.3, -0.25) is 0 Å². The number of methoxy groups -OCH3 is 2. The minimum Gasteiger partial charge on any atom is -0.493 e. The second-order valence-corrected chi connectivity index (χ2v) is 7.16. The highest BCUT2D eigenvalue weighted by Crippen LogP contribution is 2.45. The highest BCUT2D eigenvalue weighted by molar-refractivity contribution is 7.99. The van der Waals surface area contributed by atoms with Gasteiger partial charge in [-0.05, 0) is 18.2 Å². The van der Waals surface area contributed by atoms with Crippen molar-refractivity contribution in [2.45, 2.75) is 11.6 Å². The van der Waals surface area contributed by atoms with Gasteiger partial charge in [-0.1, -0.05) is 24.3 Å². The molecule has 0 bridgehead atoms. The summed E-state index contributed by atoms with van der Waals surface area (Å²) in [6.07, 6.45) is -4.56. The van der Waals surface area contributed by atoms with Crippen LogP contribution in [0.3, 0.4) is 0 Å². The standard InChI is InChI=1S/C19H19F3N2O3S/c1-26-15-9-5-6-12(16(15)27-2)17-24(10-11-28-17)18(25)23-14-8-4-3-7-13(14)19(20,21)22/h3-9,17H,10-11H2,1-2H3,(H,23,25)/t17-/m1/s1. The van der Waals surface area contributed by atoms with E-state index in [1.54, 1.807) is 12.1 Å². The van der Waals surface area contributed by atoms with Gasteiger partial charge < -0.3 is 19.7 Å². The lowest BCUT2D eigenvalue weighted by atomic mass is 10.1. The number of alkyl halides is 3. The van der Waals surface area contributed by atoms with E-state index >= 15 is 0 Å². The maximum atomic E-state index is 13.2. The van der Waals surface area contributed by atoms with E-state index in [2.05, 4.69) is 5.32 Å². The molecule has 1 aliphatic rings. The van der Waals surface area contributed by atoms with Gasteiger partial charge in [0.1, 0.15) is 5.37 Å². The molecule has 1 heterocycles. The van der Waals surface area contributed by atoms with Gasteiger partial charge in [0.25, 0.3) is 0 Å². The lowest BCUT2D eigenvalue weighted by molar-refractivity contribution is -0.136. The lowest BCUT2D eigenvalue weighted by Gasteiger charge is -2.26. The number of carbonyl (C=O) groups is 1. The SMILES string of the molecule is COc1cccc([C@H]2SCCN2C(=O)Nc2ccccc2C(F)(F)F)c1OC. The molecule has 2 aromatic carbocycles. The Morgan fingerprint density at radius 2 is 1.89 bits per heavy atom. The van der Waals surface area contributed by atoms with Crippen molar-refractivity contribution in [2.24, 2.45) is 0 Å². The first-order chi connectivity index (χ1) is 13.4. The molecule has 28 heavy (non-hydrogen) atoms. The van der Waals surface area contributed by atoms with Crippen molar-refractivity contribution >= 4 is 23.5 Å². The zero-order chi connectivity index (χ0) is 20.3. The molecule has 9 heteroatoms. The Balaban J connectivity index is 1.88. The van der Waals surface area contributed by atoms with Gasteiger partial charge in [0.2, 0.25) is 0 Å². The second kappa shape index (κ2) is 8.22. The predicted octanol–water partition coefficient (Wildman–Crippen LogP) is 5.00. The van der Waals surface area contributed by atoms with Crippen molar-refractivity contribution in [1.82, 2.24) is 4.90 Å². The summed E-state index contributed by atoms with van der Waals surface area (Å²) in [5.41, 5.74) is -0.428. The maximum Gasteiger partial charge on any atom is 0.418 e. The molecule has 0 radical (unpaired) electrons. The molecule has 0 aromatic heterocycles. The lowest BCUT2D eigenvalue weighted by Crippen LogP contribution is -2.35. The zero-order valence-corrected chi connectivity index (χ0v) is 16.1. The number of urea groups is 1. The van der Waals surface area contributed by atoms with Gasteiger partial charge in [0.05, 0.1) is 25.5 Å². The predicted molar refractivity (Wildman–Crippen MR) is 102 cm³/mol. The highest BCUT2D eigenvalue weighted by Gasteiger charge is 2.36. The molecule has 1 fully saturated rings. The van der Waals surface area contributed by atoms with Crippen LogP contribution in [0.4, 0.5) is 23.7 Å². The van der Waals surface area contributed by atoms with Crippen LogP contribution < -0.4 is 14.8 Å². The van der Waals surface area contributed by atoms with E-state index in [1.807, 2.05) is 6.07 Å². The molecule has 0 aliphatic carbocycles. The van der Waals surface area contributed by atoms with Crippen LogP contribution in [0.15, 0.2) is 42.5 Å². The number of thioether (sulfide) groups is 1. The smallest absolute Gasteiger partial charge is 0.418 e. The quantitative estimate of drug-likeness (QED) is 0.768. The van der Waals surface area contributed by atoms with Crippen LogP contribution in [-0.2, 0) is 6.18 Å². The molecular formula is C19H19F3N2O3S. The molecule has 0 saturated carbocycles. The van der Waals surface area contributed by atoms with Crippen LogP contribution in [0.2, 0.25) is 0 Å². The number of nitrogens with zero attached hydrogens (tertiary/aromatic N) is 1. The van der Waals surface area contributed by atoms with E-state index in [-0.39, 0.29) is 5.69 Å². The van der Waals surface area contributed by atoms with Gasteiger partial charge in [-0.25, -0.2) is 4.79 Å². The molecule has 2 aromatic rings. The fourth-order valence-corrected chi connectivity index (χ4v) is 4.34. The Bertz CT molecular complexity index is 861. The van der Waals surface area contributed by atoms with E-state index in [0.29, 0.717) is 23.8 Å². The number of benzene rings is 2. The first-order valence-corrected chi connectivity index (χ1v) is 9.48. The minimum atomic E-state index is -4.56. The van der Waals surface area contributed by atoms with Crippen LogP contribution in [0.5, 0.6) is 11.5 Å². The monoisotopic (exact) mass is 412 g/mol. The number of anilines is 1. The number of ether oxygens (including phenoxy) is 2. The molecule has 150 valence electrons. The molecule has 1 N–H and O–H groups in total. The summed E-state index contributed by atoms with van der Waals surface area (Å²) >= 11 is 1.51. The van der Waals surface area contributed by atoms with Crippen LogP contribution in [0.25, 0.3) is 0 Å². The molecule has 1 saturated heterocycles. The van der Waals surface area contributed by atoms with Crippen molar-refractivity contribution in [3.63, 3.8) is 0 Å². The Hall–Kier alpha value is -2.55. The van der Waals surface area contributed by atoms with Crippen LogP contribution >= 0.6 is 11.8 Å². The first-order valence-electron chi connectivity index (χ1n) is 8.43. The van der Waals surface area contributed by atoms with Gasteiger partial charge >= 0.3 is 12.2 Å². The van der Waals surface area contributed by atoms with E-state index in [9.17, 15) is 18.0 Å². The fourth-order valence-electron chi connectivity index (χ4n) is 3.07. The third-order valence-corrected chi connectivity index (χ3v) is 5.57. The number of para-hydroxylation sites is 2. The van der Waals surface area contributed by atoms with Crippen LogP contribution in [0.1, 0.15) is 16.5 Å². The number of nitrogens with one attached hydrogen (secondary N) is 1. The van der Waals surface area contributed by atoms with Crippen molar-refractivity contribution in [3.8, 4) is 11.5 Å². The topological polar surface area (TPSA) is 50.8 Å². The Kier molecular flexibility index (Phi) is 5.93. The number of rotatable bonds is 4. The molecule has 1 aliphatic heterocycles. The number of amides is 2. The summed E-state index contributed by atoms with van der Waals surface area (Å²) in [7, 11) is 3.02. The molecular weight excluding hydrogens is 393 g/mol. The average Bonchev–Trinajstić information content (AvgIpc) is 3.16. The van der Waals surface area contributed by atoms with Gasteiger partial charge in [0.15, 0.2) is 11.5 Å². The molecule has 1 atom stereocenters. The molecule has 2 amide bonds. The number of hydrogen-bond acceptors (Lipinski definition) is 4. The largest absolute Gasteiger partial charge is 0.493 e. The van der Waals surface area contributed by atoms with Gasteiger partial charge in [0, 0.05) is 17.9 Å². The van der Waals surface area contributed by atoms with Crippen molar-refractivity contribution < 1.29 is 27.4 Å². The highest BCUT2D eigenvalue weighted by atomic mass is 32.2. The van der Waals surface area contributed by atoms with Crippen LogP contribution in [-0.4, -0.2) is 37.4 Å². The number of hydrogen-bond donors (Lipinski definition) is 1. The molecule has 0 spiro atoms. The fraction of sp³-hybridized carbons (Fsp3) is 0.316. The maximum absolute atomic E-state index is 13.2. The second-order valence-electron chi connectivity index (χ2n) is 5.97. The normalized spacial score (nSPS) is 16.8. The van der Waals surface area contributed by atoms with E-state index < -0.39 is 23.1 Å².